The van der Waals surface area contributed by atoms with Gasteiger partial charge in [0.25, 0.3) is 5.91 Å². The van der Waals surface area contributed by atoms with Crippen molar-refractivity contribution in [3.63, 3.8) is 0 Å². The molecule has 20 heavy (non-hydrogen) atoms. The molecule has 1 aliphatic rings. The van der Waals surface area contributed by atoms with Gasteiger partial charge in [-0.3, -0.25) is 9.59 Å². The van der Waals surface area contributed by atoms with E-state index in [1.165, 1.54) is 4.90 Å². The maximum atomic E-state index is 12.4. The Bertz CT molecular complexity index is 498. The molecular formula is C15H20N2O3. The predicted octanol–water partition coefficient (Wildman–Crippen LogP) is 1.39. The van der Waals surface area contributed by atoms with Crippen molar-refractivity contribution >= 4 is 11.8 Å². The average molecular weight is 276 g/mol. The highest BCUT2D eigenvalue weighted by Crippen LogP contribution is 2.18. The highest BCUT2D eigenvalue weighted by Gasteiger charge is 2.34. The third-order valence-electron chi connectivity index (χ3n) is 3.60. The second kappa shape index (κ2) is 5.94. The van der Waals surface area contributed by atoms with E-state index in [1.807, 2.05) is 6.92 Å². The molecule has 2 amide bonds. The van der Waals surface area contributed by atoms with Crippen LogP contribution in [0, 0.1) is 0 Å². The fourth-order valence-electron chi connectivity index (χ4n) is 2.37. The van der Waals surface area contributed by atoms with Crippen LogP contribution in [0.4, 0.5) is 0 Å². The Labute approximate surface area is 119 Å². The molecular weight excluding hydrogens is 256 g/mol. The summed E-state index contributed by atoms with van der Waals surface area (Å²) in [6, 6.07) is 6.65. The molecule has 5 nitrogen and oxygen atoms in total. The molecule has 1 aliphatic heterocycles. The maximum Gasteiger partial charge on any atom is 0.254 e. The fourth-order valence-corrected chi connectivity index (χ4v) is 2.37. The summed E-state index contributed by atoms with van der Waals surface area (Å²) in [6.45, 7) is 3.20. The lowest BCUT2D eigenvalue weighted by atomic mass is 10.1. The molecule has 0 N–H and O–H groups in total. The predicted molar refractivity (Wildman–Crippen MR) is 75.7 cm³/mol. The van der Waals surface area contributed by atoms with Crippen LogP contribution in [0.2, 0.25) is 0 Å². The Morgan fingerprint density at radius 2 is 2.05 bits per heavy atom. The zero-order chi connectivity index (χ0) is 14.7. The van der Waals surface area contributed by atoms with Gasteiger partial charge in [-0.25, -0.2) is 0 Å². The average Bonchev–Trinajstić information content (AvgIpc) is 2.79. The molecule has 1 aromatic rings. The molecule has 1 aromatic carbocycles. The minimum absolute atomic E-state index is 0.00628. The summed E-state index contributed by atoms with van der Waals surface area (Å²) in [5, 5.41) is 0. The topological polar surface area (TPSA) is 49.9 Å². The van der Waals surface area contributed by atoms with E-state index in [1.54, 1.807) is 43.3 Å². The number of carbonyl (C=O) groups is 2. The SMILES string of the molecule is CCOc1ccc(C(=O)N(C)[C@H]2CCN(C)C2=O)cc1. The number of hydrogen-bond donors (Lipinski definition) is 0. The molecule has 0 aromatic heterocycles. The molecule has 5 heteroatoms. The van der Waals surface area contributed by atoms with Crippen LogP contribution in [0.15, 0.2) is 24.3 Å². The van der Waals surface area contributed by atoms with Gasteiger partial charge in [0, 0.05) is 26.2 Å². The highest BCUT2D eigenvalue weighted by atomic mass is 16.5. The van der Waals surface area contributed by atoms with Crippen LogP contribution in [-0.4, -0.2) is 54.9 Å². The molecule has 0 aliphatic carbocycles. The lowest BCUT2D eigenvalue weighted by molar-refractivity contribution is -0.130. The van der Waals surface area contributed by atoms with Gasteiger partial charge in [-0.1, -0.05) is 0 Å². The summed E-state index contributed by atoms with van der Waals surface area (Å²) in [5.74, 6) is 0.608. The van der Waals surface area contributed by atoms with Crippen molar-refractivity contribution in [3.8, 4) is 5.75 Å². The normalized spacial score (nSPS) is 18.2. The van der Waals surface area contributed by atoms with Crippen molar-refractivity contribution in [1.29, 1.82) is 0 Å². The Balaban J connectivity index is 2.08. The Hall–Kier alpha value is -2.04. The summed E-state index contributed by atoms with van der Waals surface area (Å²) in [4.78, 5) is 27.5. The van der Waals surface area contributed by atoms with Gasteiger partial charge in [0.05, 0.1) is 6.61 Å². The van der Waals surface area contributed by atoms with E-state index in [4.69, 9.17) is 4.74 Å². The molecule has 0 bridgehead atoms. The summed E-state index contributed by atoms with van der Waals surface area (Å²) in [5.41, 5.74) is 0.568. The largest absolute Gasteiger partial charge is 0.494 e. The van der Waals surface area contributed by atoms with Crippen LogP contribution in [0.3, 0.4) is 0 Å². The third-order valence-corrected chi connectivity index (χ3v) is 3.60. The van der Waals surface area contributed by atoms with E-state index in [0.29, 0.717) is 25.1 Å². The summed E-state index contributed by atoms with van der Waals surface area (Å²) in [6.07, 6.45) is 0.689. The maximum absolute atomic E-state index is 12.4. The van der Waals surface area contributed by atoms with E-state index in [-0.39, 0.29) is 17.9 Å². The Morgan fingerprint density at radius 3 is 2.55 bits per heavy atom. The van der Waals surface area contributed by atoms with E-state index >= 15 is 0 Å². The lowest BCUT2D eigenvalue weighted by Gasteiger charge is -2.23. The van der Waals surface area contributed by atoms with Gasteiger partial charge in [-0.2, -0.15) is 0 Å². The first-order chi connectivity index (χ1) is 9.54. The minimum atomic E-state index is -0.348. The number of carbonyl (C=O) groups excluding carboxylic acids is 2. The summed E-state index contributed by atoms with van der Waals surface area (Å²) < 4.78 is 5.35. The van der Waals surface area contributed by atoms with E-state index in [0.717, 1.165) is 5.75 Å². The lowest BCUT2D eigenvalue weighted by Crippen LogP contribution is -2.42. The van der Waals surface area contributed by atoms with Crippen LogP contribution in [0.5, 0.6) is 5.75 Å². The number of rotatable bonds is 4. The van der Waals surface area contributed by atoms with Gasteiger partial charge in [0.1, 0.15) is 11.8 Å². The van der Waals surface area contributed by atoms with Gasteiger partial charge in [-0.05, 0) is 37.6 Å². The second-order valence-corrected chi connectivity index (χ2v) is 4.94. The number of likely N-dealkylation sites (tertiary alicyclic amines) is 1. The number of benzene rings is 1. The van der Waals surface area contributed by atoms with Crippen LogP contribution in [0.1, 0.15) is 23.7 Å². The van der Waals surface area contributed by atoms with Crippen molar-refractivity contribution < 1.29 is 14.3 Å². The smallest absolute Gasteiger partial charge is 0.254 e. The number of amides is 2. The molecule has 2 rings (SSSR count). The van der Waals surface area contributed by atoms with Crippen LogP contribution < -0.4 is 4.74 Å². The second-order valence-electron chi connectivity index (χ2n) is 4.94. The number of likely N-dealkylation sites (N-methyl/N-ethyl adjacent to an activating group) is 2. The van der Waals surface area contributed by atoms with Crippen molar-refractivity contribution in [2.45, 2.75) is 19.4 Å². The Kier molecular flexibility index (Phi) is 4.27. The standard InChI is InChI=1S/C15H20N2O3/c1-4-20-12-7-5-11(6-8-12)14(18)17(3)13-9-10-16(2)15(13)19/h5-8,13H,4,9-10H2,1-3H3/t13-/m0/s1. The third kappa shape index (κ3) is 2.76. The van der Waals surface area contributed by atoms with Crippen LogP contribution >= 0.6 is 0 Å². The zero-order valence-electron chi connectivity index (χ0n) is 12.1. The molecule has 0 spiro atoms. The fraction of sp³-hybridized carbons (Fsp3) is 0.467. The molecule has 108 valence electrons. The zero-order valence-corrected chi connectivity index (χ0v) is 12.1. The first-order valence-corrected chi connectivity index (χ1v) is 6.79. The Morgan fingerprint density at radius 1 is 1.40 bits per heavy atom. The van der Waals surface area contributed by atoms with Gasteiger partial charge in [-0.15, -0.1) is 0 Å². The van der Waals surface area contributed by atoms with Gasteiger partial charge < -0.3 is 14.5 Å². The molecule has 0 saturated carbocycles. The van der Waals surface area contributed by atoms with Gasteiger partial charge in [0.2, 0.25) is 5.91 Å². The highest BCUT2D eigenvalue weighted by molar-refractivity contribution is 5.97. The first-order valence-electron chi connectivity index (χ1n) is 6.79. The molecule has 0 unspecified atom stereocenters. The molecule has 1 heterocycles. The van der Waals surface area contributed by atoms with Crippen molar-refractivity contribution in [2.24, 2.45) is 0 Å². The van der Waals surface area contributed by atoms with E-state index < -0.39 is 0 Å². The minimum Gasteiger partial charge on any atom is -0.494 e. The van der Waals surface area contributed by atoms with Crippen molar-refractivity contribution in [2.75, 3.05) is 27.2 Å². The molecule has 1 atom stereocenters. The number of hydrogen-bond acceptors (Lipinski definition) is 3. The van der Waals surface area contributed by atoms with Crippen molar-refractivity contribution in [3.05, 3.63) is 29.8 Å². The first kappa shape index (κ1) is 14.4. The molecule has 0 radical (unpaired) electrons. The van der Waals surface area contributed by atoms with Crippen LogP contribution in [-0.2, 0) is 4.79 Å². The summed E-state index contributed by atoms with van der Waals surface area (Å²) in [7, 11) is 3.44. The van der Waals surface area contributed by atoms with Crippen LogP contribution in [0.25, 0.3) is 0 Å². The van der Waals surface area contributed by atoms with Gasteiger partial charge in [0.15, 0.2) is 0 Å². The number of ether oxygens (including phenoxy) is 1. The monoisotopic (exact) mass is 276 g/mol. The van der Waals surface area contributed by atoms with E-state index in [9.17, 15) is 9.59 Å². The quantitative estimate of drug-likeness (QED) is 0.835. The van der Waals surface area contributed by atoms with Crippen molar-refractivity contribution in [1.82, 2.24) is 9.80 Å². The molecule has 1 saturated heterocycles. The van der Waals surface area contributed by atoms with Gasteiger partial charge >= 0.3 is 0 Å². The van der Waals surface area contributed by atoms with E-state index in [2.05, 4.69) is 0 Å². The molecule has 1 fully saturated rings. The summed E-state index contributed by atoms with van der Waals surface area (Å²) >= 11 is 0. The number of nitrogens with zero attached hydrogens (tertiary/aromatic N) is 2.